The lowest BCUT2D eigenvalue weighted by Gasteiger charge is -1.98. The van der Waals surface area contributed by atoms with Gasteiger partial charge in [0.25, 0.3) is 0 Å². The van der Waals surface area contributed by atoms with E-state index in [-0.39, 0.29) is 5.24 Å². The van der Waals surface area contributed by atoms with Crippen LogP contribution in [0, 0.1) is 0 Å². The minimum atomic E-state index is -0.194. The molecule has 0 unspecified atom stereocenters. The lowest BCUT2D eigenvalue weighted by molar-refractivity contribution is -0.111. The Kier molecular flexibility index (Phi) is 14.5. The minimum absolute atomic E-state index is 0.194. The van der Waals surface area contributed by atoms with Gasteiger partial charge in [0, 0.05) is 6.42 Å². The van der Waals surface area contributed by atoms with Crippen LogP contribution in [0.1, 0.15) is 84.0 Å². The van der Waals surface area contributed by atoms with Crippen LogP contribution >= 0.6 is 11.6 Å². The van der Waals surface area contributed by atoms with E-state index in [4.69, 9.17) is 11.6 Å². The van der Waals surface area contributed by atoms with Crippen molar-refractivity contribution in [3.63, 3.8) is 0 Å². The number of allylic oxidation sites excluding steroid dienone is 2. The van der Waals surface area contributed by atoms with Gasteiger partial charge in [-0.15, -0.1) is 0 Å². The zero-order valence-corrected chi connectivity index (χ0v) is 12.7. The Labute approximate surface area is 118 Å². The molecule has 0 fully saturated rings. The van der Waals surface area contributed by atoms with E-state index in [9.17, 15) is 4.79 Å². The van der Waals surface area contributed by atoms with Gasteiger partial charge >= 0.3 is 0 Å². The zero-order valence-electron chi connectivity index (χ0n) is 11.9. The summed E-state index contributed by atoms with van der Waals surface area (Å²) in [5.74, 6) is 0. The topological polar surface area (TPSA) is 17.1 Å². The predicted octanol–water partition coefficient (Wildman–Crippen LogP) is 6.01. The molecule has 2 heteroatoms. The van der Waals surface area contributed by atoms with Crippen molar-refractivity contribution in [3.8, 4) is 0 Å². The lowest BCUT2D eigenvalue weighted by atomic mass is 10.1. The maximum absolute atomic E-state index is 10.5. The molecule has 0 heterocycles. The van der Waals surface area contributed by atoms with Gasteiger partial charge in [-0.2, -0.15) is 0 Å². The Balaban J connectivity index is 3.06. The first-order valence-electron chi connectivity index (χ1n) is 7.60. The molecule has 0 atom stereocenters. The highest BCUT2D eigenvalue weighted by atomic mass is 35.5. The molecule has 0 N–H and O–H groups in total. The molecule has 0 aliphatic heterocycles. The van der Waals surface area contributed by atoms with Crippen LogP contribution in [-0.2, 0) is 4.79 Å². The van der Waals surface area contributed by atoms with E-state index in [1.807, 2.05) is 0 Å². The van der Waals surface area contributed by atoms with Gasteiger partial charge in [-0.1, -0.05) is 57.6 Å². The van der Waals surface area contributed by atoms with Crippen molar-refractivity contribution in [3.05, 3.63) is 12.2 Å². The van der Waals surface area contributed by atoms with Crippen molar-refractivity contribution < 1.29 is 4.79 Å². The van der Waals surface area contributed by atoms with Crippen LogP contribution in [-0.4, -0.2) is 5.24 Å². The molecule has 0 amide bonds. The van der Waals surface area contributed by atoms with Crippen LogP contribution in [0.25, 0.3) is 0 Å². The molecule has 0 saturated carbocycles. The molecule has 0 aromatic rings. The molecule has 0 aliphatic rings. The first-order valence-corrected chi connectivity index (χ1v) is 7.98. The molecule has 18 heavy (non-hydrogen) atoms. The highest BCUT2D eigenvalue weighted by molar-refractivity contribution is 6.63. The van der Waals surface area contributed by atoms with Crippen LogP contribution < -0.4 is 0 Å². The number of hydrogen-bond acceptors (Lipinski definition) is 1. The molecule has 0 rings (SSSR count). The summed E-state index contributed by atoms with van der Waals surface area (Å²) in [6, 6.07) is 0. The van der Waals surface area contributed by atoms with Gasteiger partial charge in [0.1, 0.15) is 0 Å². The van der Waals surface area contributed by atoms with Crippen LogP contribution in [0.4, 0.5) is 0 Å². The molecule has 0 bridgehead atoms. The molecule has 0 aliphatic carbocycles. The Hall–Kier alpha value is -0.300. The average molecular weight is 273 g/mol. The maximum Gasteiger partial charge on any atom is 0.221 e. The fourth-order valence-corrected chi connectivity index (χ4v) is 2.11. The smallest absolute Gasteiger partial charge is 0.221 e. The van der Waals surface area contributed by atoms with Crippen molar-refractivity contribution in [2.75, 3.05) is 0 Å². The normalized spacial score (nSPS) is 11.2. The number of rotatable bonds is 13. The predicted molar refractivity (Wildman–Crippen MR) is 81.1 cm³/mol. The Morgan fingerprint density at radius 3 is 1.89 bits per heavy atom. The standard InChI is InChI=1S/C16H29ClO/c1-2-3-4-5-6-7-8-9-10-11-12-13-14-15-16(17)18/h7-8H,2-6,9-15H2,1H3/b8-7+. The van der Waals surface area contributed by atoms with Crippen LogP contribution in [0.15, 0.2) is 12.2 Å². The van der Waals surface area contributed by atoms with Crippen LogP contribution in [0.2, 0.25) is 0 Å². The summed E-state index contributed by atoms with van der Waals surface area (Å²) in [5, 5.41) is -0.194. The highest BCUT2D eigenvalue weighted by Crippen LogP contribution is 2.09. The first kappa shape index (κ1) is 17.7. The van der Waals surface area contributed by atoms with Crippen molar-refractivity contribution in [1.82, 2.24) is 0 Å². The molecule has 0 radical (unpaired) electrons. The van der Waals surface area contributed by atoms with Crippen molar-refractivity contribution >= 4 is 16.8 Å². The second-order valence-corrected chi connectivity index (χ2v) is 5.40. The summed E-state index contributed by atoms with van der Waals surface area (Å²) in [6.45, 7) is 2.25. The van der Waals surface area contributed by atoms with E-state index in [0.29, 0.717) is 6.42 Å². The second kappa shape index (κ2) is 14.8. The SMILES string of the molecule is CCCCCC/C=C/CCCCCCCC(=O)Cl. The Morgan fingerprint density at radius 2 is 1.33 bits per heavy atom. The van der Waals surface area contributed by atoms with E-state index in [2.05, 4.69) is 19.1 Å². The van der Waals surface area contributed by atoms with Gasteiger partial charge in [0.15, 0.2) is 0 Å². The third kappa shape index (κ3) is 15.7. The van der Waals surface area contributed by atoms with Gasteiger partial charge in [0.2, 0.25) is 5.24 Å². The van der Waals surface area contributed by atoms with Crippen molar-refractivity contribution in [2.45, 2.75) is 84.0 Å². The van der Waals surface area contributed by atoms with E-state index < -0.39 is 0 Å². The molecule has 0 spiro atoms. The maximum atomic E-state index is 10.5. The summed E-state index contributed by atoms with van der Waals surface area (Å²) < 4.78 is 0. The van der Waals surface area contributed by atoms with Crippen molar-refractivity contribution in [1.29, 1.82) is 0 Å². The monoisotopic (exact) mass is 272 g/mol. The van der Waals surface area contributed by atoms with Crippen LogP contribution in [0.3, 0.4) is 0 Å². The number of carbonyl (C=O) groups excluding carboxylic acids is 1. The number of hydrogen-bond donors (Lipinski definition) is 0. The summed E-state index contributed by atoms with van der Waals surface area (Å²) in [5.41, 5.74) is 0. The van der Waals surface area contributed by atoms with Gasteiger partial charge in [0.05, 0.1) is 0 Å². The van der Waals surface area contributed by atoms with E-state index in [0.717, 1.165) is 12.8 Å². The van der Waals surface area contributed by atoms with Gasteiger partial charge < -0.3 is 0 Å². The number of halogens is 1. The van der Waals surface area contributed by atoms with E-state index in [1.165, 1.54) is 57.8 Å². The number of carbonyl (C=O) groups is 1. The highest BCUT2D eigenvalue weighted by Gasteiger charge is 1.95. The van der Waals surface area contributed by atoms with Gasteiger partial charge in [-0.25, -0.2) is 0 Å². The summed E-state index contributed by atoms with van der Waals surface area (Å²) in [4.78, 5) is 10.5. The van der Waals surface area contributed by atoms with E-state index in [1.54, 1.807) is 0 Å². The van der Waals surface area contributed by atoms with Crippen molar-refractivity contribution in [2.24, 2.45) is 0 Å². The second-order valence-electron chi connectivity index (χ2n) is 4.98. The molecular weight excluding hydrogens is 244 g/mol. The van der Waals surface area contributed by atoms with Gasteiger partial charge in [-0.3, -0.25) is 4.79 Å². The molecule has 1 nitrogen and oxygen atoms in total. The molecule has 0 aromatic carbocycles. The molecule has 0 aromatic heterocycles. The van der Waals surface area contributed by atoms with Gasteiger partial charge in [-0.05, 0) is 43.7 Å². The molecule has 106 valence electrons. The Morgan fingerprint density at radius 1 is 0.833 bits per heavy atom. The van der Waals surface area contributed by atoms with Crippen LogP contribution in [0.5, 0.6) is 0 Å². The lowest BCUT2D eigenvalue weighted by Crippen LogP contribution is -1.86. The fourth-order valence-electron chi connectivity index (χ4n) is 1.98. The quantitative estimate of drug-likeness (QED) is 0.228. The average Bonchev–Trinajstić information content (AvgIpc) is 2.34. The summed E-state index contributed by atoms with van der Waals surface area (Å²) in [6.07, 6.45) is 18.9. The van der Waals surface area contributed by atoms with E-state index >= 15 is 0 Å². The Bertz CT molecular complexity index is 211. The third-order valence-corrected chi connectivity index (χ3v) is 3.32. The first-order chi connectivity index (χ1) is 8.77. The molecule has 0 saturated heterocycles. The largest absolute Gasteiger partial charge is 0.281 e. The molecular formula is C16H29ClO. The summed E-state index contributed by atoms with van der Waals surface area (Å²) in [7, 11) is 0. The minimum Gasteiger partial charge on any atom is -0.281 e. The summed E-state index contributed by atoms with van der Waals surface area (Å²) >= 11 is 5.27. The fraction of sp³-hybridized carbons (Fsp3) is 0.812. The third-order valence-electron chi connectivity index (χ3n) is 3.14. The number of unbranched alkanes of at least 4 members (excludes halogenated alkanes) is 9. The zero-order chi connectivity index (χ0) is 13.5.